The van der Waals surface area contributed by atoms with Crippen LogP contribution in [0.5, 0.6) is 5.75 Å². The molecule has 1 aromatic heterocycles. The molecule has 104 valence electrons. The van der Waals surface area contributed by atoms with Gasteiger partial charge >= 0.3 is 0 Å². The summed E-state index contributed by atoms with van der Waals surface area (Å²) in [6.07, 6.45) is 0. The summed E-state index contributed by atoms with van der Waals surface area (Å²) >= 11 is 5.89. The van der Waals surface area contributed by atoms with Crippen molar-refractivity contribution in [2.45, 2.75) is 6.92 Å². The van der Waals surface area contributed by atoms with Crippen LogP contribution in [0.3, 0.4) is 0 Å². The molecule has 0 atom stereocenters. The molecule has 4 nitrogen and oxygen atoms in total. The predicted octanol–water partition coefficient (Wildman–Crippen LogP) is 3.33. The minimum atomic E-state index is -0.137. The third kappa shape index (κ3) is 3.08. The maximum absolute atomic E-state index is 12.4. The summed E-state index contributed by atoms with van der Waals surface area (Å²) in [6, 6.07) is 10.6. The zero-order chi connectivity index (χ0) is 14.7. The van der Waals surface area contributed by atoms with Crippen LogP contribution in [0.2, 0.25) is 5.15 Å². The molecule has 2 rings (SSSR count). The van der Waals surface area contributed by atoms with Gasteiger partial charge in [0.15, 0.2) is 0 Å². The average Bonchev–Trinajstić information content (AvgIpc) is 2.45. The number of amides is 1. The van der Waals surface area contributed by atoms with Crippen molar-refractivity contribution in [2.24, 2.45) is 0 Å². The summed E-state index contributed by atoms with van der Waals surface area (Å²) < 4.78 is 5.10. The van der Waals surface area contributed by atoms with Crippen LogP contribution in [0.4, 0.5) is 5.69 Å². The van der Waals surface area contributed by atoms with Crippen LogP contribution in [-0.2, 0) is 0 Å². The maximum Gasteiger partial charge on any atom is 0.258 e. The topological polar surface area (TPSA) is 42.4 Å². The standard InChI is InChI=1S/C15H15ClN2O2/c1-10-8-11(9-14(16)17-10)15(19)18(2)12-4-6-13(20-3)7-5-12/h4-9H,1-3H3. The Kier molecular flexibility index (Phi) is 4.25. The molecule has 1 heterocycles. The summed E-state index contributed by atoms with van der Waals surface area (Å²) in [5.74, 6) is 0.611. The Balaban J connectivity index is 2.27. The first-order valence-electron chi connectivity index (χ1n) is 6.07. The number of aryl methyl sites for hydroxylation is 1. The fourth-order valence-corrected chi connectivity index (χ4v) is 2.12. The molecule has 0 saturated carbocycles. The molecule has 0 aliphatic heterocycles. The Morgan fingerprint density at radius 1 is 1.25 bits per heavy atom. The number of benzene rings is 1. The van der Waals surface area contributed by atoms with Gasteiger partial charge < -0.3 is 9.64 Å². The molecule has 0 unspecified atom stereocenters. The smallest absolute Gasteiger partial charge is 0.258 e. The summed E-state index contributed by atoms with van der Waals surface area (Å²) in [5.41, 5.74) is 2.01. The van der Waals surface area contributed by atoms with Crippen LogP contribution in [0.1, 0.15) is 16.1 Å². The van der Waals surface area contributed by atoms with Crippen LogP contribution in [0.15, 0.2) is 36.4 Å². The number of halogens is 1. The first kappa shape index (κ1) is 14.3. The lowest BCUT2D eigenvalue weighted by Gasteiger charge is -2.18. The fourth-order valence-electron chi connectivity index (χ4n) is 1.87. The normalized spacial score (nSPS) is 10.2. The minimum Gasteiger partial charge on any atom is -0.497 e. The second-order valence-electron chi connectivity index (χ2n) is 4.38. The number of aromatic nitrogens is 1. The molecular weight excluding hydrogens is 276 g/mol. The summed E-state index contributed by atoms with van der Waals surface area (Å²) in [5, 5.41) is 0.316. The molecule has 20 heavy (non-hydrogen) atoms. The molecule has 0 aliphatic carbocycles. The highest BCUT2D eigenvalue weighted by atomic mass is 35.5. The molecule has 5 heteroatoms. The number of carbonyl (C=O) groups is 1. The van der Waals surface area contributed by atoms with Gasteiger partial charge in [0.1, 0.15) is 10.9 Å². The molecular formula is C15H15ClN2O2. The lowest BCUT2D eigenvalue weighted by atomic mass is 10.2. The van der Waals surface area contributed by atoms with Crippen LogP contribution in [-0.4, -0.2) is 25.0 Å². The SMILES string of the molecule is COc1ccc(N(C)C(=O)c2cc(C)nc(Cl)c2)cc1. The first-order chi connectivity index (χ1) is 9.51. The molecule has 0 fully saturated rings. The Labute approximate surface area is 123 Å². The minimum absolute atomic E-state index is 0.137. The molecule has 0 spiro atoms. The lowest BCUT2D eigenvalue weighted by molar-refractivity contribution is 0.0993. The molecule has 0 saturated heterocycles. The number of carbonyl (C=O) groups excluding carboxylic acids is 1. The predicted molar refractivity (Wildman–Crippen MR) is 79.7 cm³/mol. The van der Waals surface area contributed by atoms with Gasteiger partial charge in [0.05, 0.1) is 7.11 Å². The van der Waals surface area contributed by atoms with Gasteiger partial charge in [-0.15, -0.1) is 0 Å². The van der Waals surface area contributed by atoms with E-state index in [1.165, 1.54) is 0 Å². The van der Waals surface area contributed by atoms with Crippen molar-refractivity contribution in [3.05, 3.63) is 52.8 Å². The van der Waals surface area contributed by atoms with Gasteiger partial charge in [-0.25, -0.2) is 4.98 Å². The van der Waals surface area contributed by atoms with Crippen molar-refractivity contribution in [3.8, 4) is 5.75 Å². The monoisotopic (exact) mass is 290 g/mol. The van der Waals surface area contributed by atoms with Crippen LogP contribution in [0, 0.1) is 6.92 Å². The quantitative estimate of drug-likeness (QED) is 0.814. The van der Waals surface area contributed by atoms with Crippen molar-refractivity contribution in [1.29, 1.82) is 0 Å². The van der Waals surface area contributed by atoms with E-state index in [1.54, 1.807) is 38.1 Å². The second kappa shape index (κ2) is 5.92. The fraction of sp³-hybridized carbons (Fsp3) is 0.200. The number of hydrogen-bond acceptors (Lipinski definition) is 3. The highest BCUT2D eigenvalue weighted by Gasteiger charge is 2.14. The van der Waals surface area contributed by atoms with Gasteiger partial charge in [0.25, 0.3) is 5.91 Å². The zero-order valence-corrected chi connectivity index (χ0v) is 12.3. The number of nitrogens with zero attached hydrogens (tertiary/aromatic N) is 2. The Hall–Kier alpha value is -2.07. The lowest BCUT2D eigenvalue weighted by Crippen LogP contribution is -2.26. The number of anilines is 1. The van der Waals surface area contributed by atoms with Crippen molar-refractivity contribution in [2.75, 3.05) is 19.1 Å². The van der Waals surface area contributed by atoms with Gasteiger partial charge in [0, 0.05) is 24.0 Å². The van der Waals surface area contributed by atoms with E-state index in [-0.39, 0.29) is 5.91 Å². The summed E-state index contributed by atoms with van der Waals surface area (Å²) in [6.45, 7) is 1.80. The van der Waals surface area contributed by atoms with Crippen molar-refractivity contribution >= 4 is 23.2 Å². The van der Waals surface area contributed by atoms with Crippen molar-refractivity contribution < 1.29 is 9.53 Å². The van der Waals surface area contributed by atoms with E-state index in [2.05, 4.69) is 4.98 Å². The van der Waals surface area contributed by atoms with Gasteiger partial charge in [-0.2, -0.15) is 0 Å². The summed E-state index contributed by atoms with van der Waals surface area (Å²) in [7, 11) is 3.32. The number of ether oxygens (including phenoxy) is 1. The Bertz CT molecular complexity index is 606. The van der Waals surface area contributed by atoms with Gasteiger partial charge in [0.2, 0.25) is 0 Å². The number of rotatable bonds is 3. The molecule has 1 aromatic carbocycles. The van der Waals surface area contributed by atoms with Gasteiger partial charge in [-0.05, 0) is 43.3 Å². The average molecular weight is 291 g/mol. The van der Waals surface area contributed by atoms with Crippen molar-refractivity contribution in [3.63, 3.8) is 0 Å². The molecule has 0 N–H and O–H groups in total. The van der Waals surface area contributed by atoms with E-state index in [4.69, 9.17) is 16.3 Å². The maximum atomic E-state index is 12.4. The number of methoxy groups -OCH3 is 1. The zero-order valence-electron chi connectivity index (χ0n) is 11.6. The van der Waals surface area contributed by atoms with Gasteiger partial charge in [-0.1, -0.05) is 11.6 Å². The van der Waals surface area contributed by atoms with Crippen molar-refractivity contribution in [1.82, 2.24) is 4.98 Å². The number of hydrogen-bond donors (Lipinski definition) is 0. The van der Waals surface area contributed by atoms with E-state index in [0.29, 0.717) is 16.4 Å². The third-order valence-corrected chi connectivity index (χ3v) is 3.13. The Morgan fingerprint density at radius 2 is 1.90 bits per heavy atom. The molecule has 0 aliphatic rings. The van der Waals surface area contributed by atoms with E-state index in [0.717, 1.165) is 11.4 Å². The Morgan fingerprint density at radius 3 is 2.45 bits per heavy atom. The first-order valence-corrected chi connectivity index (χ1v) is 6.45. The van der Waals surface area contributed by atoms with Gasteiger partial charge in [-0.3, -0.25) is 4.79 Å². The van der Waals surface area contributed by atoms with E-state index in [1.807, 2.05) is 24.3 Å². The molecule has 1 amide bonds. The molecule has 2 aromatic rings. The van der Waals surface area contributed by atoms with Crippen LogP contribution >= 0.6 is 11.6 Å². The molecule has 0 radical (unpaired) electrons. The highest BCUT2D eigenvalue weighted by molar-refractivity contribution is 6.29. The molecule has 0 bridgehead atoms. The third-order valence-electron chi connectivity index (χ3n) is 2.93. The second-order valence-corrected chi connectivity index (χ2v) is 4.77. The van der Waals surface area contributed by atoms with E-state index < -0.39 is 0 Å². The van der Waals surface area contributed by atoms with E-state index >= 15 is 0 Å². The van der Waals surface area contributed by atoms with E-state index in [9.17, 15) is 4.79 Å². The largest absolute Gasteiger partial charge is 0.497 e. The number of pyridine rings is 1. The highest BCUT2D eigenvalue weighted by Crippen LogP contribution is 2.20. The van der Waals surface area contributed by atoms with Crippen LogP contribution in [0.25, 0.3) is 0 Å². The summed E-state index contributed by atoms with van der Waals surface area (Å²) in [4.78, 5) is 18.0. The van der Waals surface area contributed by atoms with Crippen LogP contribution < -0.4 is 9.64 Å².